The zero-order valence-electron chi connectivity index (χ0n) is 15.3. The Morgan fingerprint density at radius 3 is 2.71 bits per heavy atom. The van der Waals surface area contributed by atoms with Crippen molar-refractivity contribution in [3.05, 3.63) is 65.9 Å². The monoisotopic (exact) mass is 383 g/mol. The topological polar surface area (TPSA) is 63.9 Å². The lowest BCUT2D eigenvalue weighted by atomic mass is 10.0. The van der Waals surface area contributed by atoms with E-state index in [9.17, 15) is 13.6 Å². The first-order valence-electron chi connectivity index (χ1n) is 9.03. The van der Waals surface area contributed by atoms with Gasteiger partial charge in [-0.3, -0.25) is 9.78 Å². The Labute approximate surface area is 160 Å². The number of aryl methyl sites for hydroxylation is 1. The Morgan fingerprint density at radius 1 is 1.21 bits per heavy atom. The molecule has 1 aliphatic rings. The Bertz CT molecular complexity index is 999. The van der Waals surface area contributed by atoms with Crippen molar-refractivity contribution >= 4 is 5.91 Å². The van der Waals surface area contributed by atoms with Gasteiger partial charge in [0.25, 0.3) is 5.91 Å². The minimum absolute atomic E-state index is 0.0368. The van der Waals surface area contributed by atoms with Gasteiger partial charge in [0.05, 0.1) is 11.9 Å². The summed E-state index contributed by atoms with van der Waals surface area (Å²) >= 11 is 0. The number of nitrogens with zero attached hydrogens (tertiary/aromatic N) is 5. The number of likely N-dealkylation sites (tertiary alicyclic amines) is 1. The lowest BCUT2D eigenvalue weighted by Gasteiger charge is -2.17. The van der Waals surface area contributed by atoms with Crippen LogP contribution in [0, 0.1) is 17.6 Å². The van der Waals surface area contributed by atoms with Crippen LogP contribution in [0.25, 0.3) is 11.5 Å². The molecule has 2 aromatic heterocycles. The van der Waals surface area contributed by atoms with Gasteiger partial charge in [-0.05, 0) is 30.9 Å². The molecular formula is C20H19F2N5O. The Kier molecular flexibility index (Phi) is 4.85. The summed E-state index contributed by atoms with van der Waals surface area (Å²) in [6.07, 6.45) is 8.43. The van der Waals surface area contributed by atoms with E-state index in [1.165, 1.54) is 0 Å². The van der Waals surface area contributed by atoms with Crippen LogP contribution in [0.2, 0.25) is 0 Å². The third kappa shape index (κ3) is 3.76. The molecule has 0 N–H and O–H groups in total. The number of imidazole rings is 1. The number of carbonyl (C=O) groups is 1. The van der Waals surface area contributed by atoms with Crippen molar-refractivity contribution < 1.29 is 13.6 Å². The second kappa shape index (κ2) is 7.46. The Morgan fingerprint density at radius 2 is 2.00 bits per heavy atom. The number of benzene rings is 1. The van der Waals surface area contributed by atoms with Gasteiger partial charge in [0.15, 0.2) is 5.82 Å². The van der Waals surface area contributed by atoms with E-state index in [-0.39, 0.29) is 17.4 Å². The molecule has 3 aromatic rings. The van der Waals surface area contributed by atoms with E-state index in [1.807, 2.05) is 17.8 Å². The summed E-state index contributed by atoms with van der Waals surface area (Å²) in [5.41, 5.74) is 1.57. The molecule has 1 aromatic carbocycles. The van der Waals surface area contributed by atoms with E-state index in [0.29, 0.717) is 25.2 Å². The summed E-state index contributed by atoms with van der Waals surface area (Å²) in [6.45, 7) is 1.07. The highest BCUT2D eigenvalue weighted by molar-refractivity contribution is 5.94. The first-order valence-corrected chi connectivity index (χ1v) is 9.03. The highest BCUT2D eigenvalue weighted by Gasteiger charge is 2.28. The summed E-state index contributed by atoms with van der Waals surface area (Å²) in [5.74, 6) is -0.895. The number of carbonyl (C=O) groups excluding carboxylic acids is 1. The van der Waals surface area contributed by atoms with Gasteiger partial charge in [-0.25, -0.2) is 18.7 Å². The molecule has 4 rings (SSSR count). The van der Waals surface area contributed by atoms with Crippen LogP contribution in [0.15, 0.2) is 43.0 Å². The van der Waals surface area contributed by atoms with Gasteiger partial charge in [-0.1, -0.05) is 0 Å². The van der Waals surface area contributed by atoms with Crippen molar-refractivity contribution in [3.63, 3.8) is 0 Å². The number of hydrogen-bond donors (Lipinski definition) is 0. The number of amides is 1. The number of hydrogen-bond acceptors (Lipinski definition) is 4. The van der Waals surface area contributed by atoms with Gasteiger partial charge in [-0.2, -0.15) is 0 Å². The van der Waals surface area contributed by atoms with Gasteiger partial charge in [0.1, 0.15) is 17.3 Å². The van der Waals surface area contributed by atoms with Crippen LogP contribution in [0.4, 0.5) is 8.78 Å². The fraction of sp³-hybridized carbons (Fsp3) is 0.300. The number of halogens is 2. The fourth-order valence-corrected chi connectivity index (χ4v) is 3.56. The molecule has 0 bridgehead atoms. The molecular weight excluding hydrogens is 364 g/mol. The van der Waals surface area contributed by atoms with Crippen molar-refractivity contribution in [2.75, 3.05) is 13.1 Å². The van der Waals surface area contributed by atoms with E-state index in [1.54, 1.807) is 23.5 Å². The van der Waals surface area contributed by atoms with Crippen molar-refractivity contribution in [3.8, 4) is 11.5 Å². The summed E-state index contributed by atoms with van der Waals surface area (Å²) in [4.78, 5) is 27.4. The van der Waals surface area contributed by atoms with Crippen molar-refractivity contribution in [1.82, 2.24) is 24.4 Å². The van der Waals surface area contributed by atoms with Crippen LogP contribution in [0.3, 0.4) is 0 Å². The van der Waals surface area contributed by atoms with Crippen LogP contribution >= 0.6 is 0 Å². The quantitative estimate of drug-likeness (QED) is 0.695. The van der Waals surface area contributed by atoms with Gasteiger partial charge in [-0.15, -0.1) is 0 Å². The molecule has 0 saturated carbocycles. The maximum Gasteiger partial charge on any atom is 0.254 e. The van der Waals surface area contributed by atoms with Gasteiger partial charge < -0.3 is 9.47 Å². The zero-order valence-corrected chi connectivity index (χ0v) is 15.3. The molecule has 0 aliphatic carbocycles. The van der Waals surface area contributed by atoms with Gasteiger partial charge in [0.2, 0.25) is 0 Å². The molecule has 1 atom stereocenters. The van der Waals surface area contributed by atoms with E-state index in [4.69, 9.17) is 0 Å². The normalized spacial score (nSPS) is 16.5. The predicted octanol–water partition coefficient (Wildman–Crippen LogP) is 2.86. The van der Waals surface area contributed by atoms with E-state index < -0.39 is 11.6 Å². The van der Waals surface area contributed by atoms with Crippen LogP contribution in [0.5, 0.6) is 0 Å². The summed E-state index contributed by atoms with van der Waals surface area (Å²) in [6, 6.07) is 2.90. The molecule has 6 nitrogen and oxygen atoms in total. The highest BCUT2D eigenvalue weighted by atomic mass is 19.1. The minimum Gasteiger partial charge on any atom is -0.338 e. The second-order valence-electron chi connectivity index (χ2n) is 7.03. The third-order valence-electron chi connectivity index (χ3n) is 4.92. The summed E-state index contributed by atoms with van der Waals surface area (Å²) < 4.78 is 28.7. The molecule has 144 valence electrons. The summed E-state index contributed by atoms with van der Waals surface area (Å²) in [7, 11) is 1.90. The Hall–Kier alpha value is -3.16. The molecule has 8 heteroatoms. The number of aromatic nitrogens is 4. The lowest BCUT2D eigenvalue weighted by Crippen LogP contribution is -2.29. The maximum absolute atomic E-state index is 13.4. The standard InChI is InChI=1S/C20H19F2N5O/c1-26-5-3-24-19(26)18-11-23-10-17(25-18)6-13-2-4-27(12-13)20(28)14-7-15(21)9-16(22)8-14/h3,5,7-11,13H,2,4,6,12H2,1H3/t13-/m0/s1. The van der Waals surface area contributed by atoms with Gasteiger partial charge in [0, 0.05) is 50.4 Å². The van der Waals surface area contributed by atoms with Crippen LogP contribution in [0.1, 0.15) is 22.5 Å². The molecule has 1 fully saturated rings. The molecule has 0 spiro atoms. The SMILES string of the molecule is Cn1ccnc1-c1cncc(C[C@@H]2CCN(C(=O)c3cc(F)cc(F)c3)C2)n1. The molecule has 1 amide bonds. The van der Waals surface area contributed by atoms with Gasteiger partial charge >= 0.3 is 0 Å². The smallest absolute Gasteiger partial charge is 0.254 e. The molecule has 3 heterocycles. The predicted molar refractivity (Wildman–Crippen MR) is 98.3 cm³/mol. The van der Waals surface area contributed by atoms with E-state index >= 15 is 0 Å². The second-order valence-corrected chi connectivity index (χ2v) is 7.03. The maximum atomic E-state index is 13.4. The molecule has 0 unspecified atom stereocenters. The molecule has 0 radical (unpaired) electrons. The average Bonchev–Trinajstić information content (AvgIpc) is 3.29. The average molecular weight is 383 g/mol. The number of rotatable bonds is 4. The Balaban J connectivity index is 1.44. The lowest BCUT2D eigenvalue weighted by molar-refractivity contribution is 0.0786. The summed E-state index contributed by atoms with van der Waals surface area (Å²) in [5, 5.41) is 0. The van der Waals surface area contributed by atoms with Crippen molar-refractivity contribution in [2.45, 2.75) is 12.8 Å². The van der Waals surface area contributed by atoms with Crippen molar-refractivity contribution in [1.29, 1.82) is 0 Å². The van der Waals surface area contributed by atoms with E-state index in [0.717, 1.165) is 36.1 Å². The first-order chi connectivity index (χ1) is 13.5. The fourth-order valence-electron chi connectivity index (χ4n) is 3.56. The van der Waals surface area contributed by atoms with Crippen LogP contribution in [-0.2, 0) is 13.5 Å². The minimum atomic E-state index is -0.750. The van der Waals surface area contributed by atoms with Crippen LogP contribution < -0.4 is 0 Å². The molecule has 1 saturated heterocycles. The molecule has 28 heavy (non-hydrogen) atoms. The largest absolute Gasteiger partial charge is 0.338 e. The zero-order chi connectivity index (χ0) is 19.7. The highest BCUT2D eigenvalue weighted by Crippen LogP contribution is 2.23. The first kappa shape index (κ1) is 18.2. The van der Waals surface area contributed by atoms with Crippen LogP contribution in [-0.4, -0.2) is 43.4 Å². The van der Waals surface area contributed by atoms with E-state index in [2.05, 4.69) is 15.0 Å². The third-order valence-corrected chi connectivity index (χ3v) is 4.92. The molecule has 1 aliphatic heterocycles. The van der Waals surface area contributed by atoms with Crippen molar-refractivity contribution in [2.24, 2.45) is 13.0 Å².